The quantitative estimate of drug-likeness (QED) is 0.871. The lowest BCUT2D eigenvalue weighted by molar-refractivity contribution is 0.0817. The summed E-state index contributed by atoms with van der Waals surface area (Å²) in [5.74, 6) is 0.0279. The highest BCUT2D eigenvalue weighted by Crippen LogP contribution is 2.13. The number of carbonyl (C=O) groups is 1. The molecule has 0 saturated carbocycles. The van der Waals surface area contributed by atoms with E-state index in [0.717, 1.165) is 50.0 Å². The summed E-state index contributed by atoms with van der Waals surface area (Å²) < 4.78 is 0. The lowest BCUT2D eigenvalue weighted by atomic mass is 10.0. The molecule has 1 heterocycles. The lowest BCUT2D eigenvalue weighted by Crippen LogP contribution is -2.46. The maximum Gasteiger partial charge on any atom is 0.251 e. The van der Waals surface area contributed by atoms with Crippen molar-refractivity contribution in [2.75, 3.05) is 19.6 Å². The molecule has 1 aliphatic heterocycles. The molecule has 0 bridgehead atoms. The summed E-state index contributed by atoms with van der Waals surface area (Å²) in [6.07, 6.45) is 2.47. The molecule has 0 aliphatic carbocycles. The van der Waals surface area contributed by atoms with Gasteiger partial charge in [-0.25, -0.2) is 0 Å². The first-order valence-corrected chi connectivity index (χ1v) is 7.87. The Hall–Kier alpha value is -1.39. The van der Waals surface area contributed by atoms with Crippen molar-refractivity contribution in [3.05, 3.63) is 35.4 Å². The van der Waals surface area contributed by atoms with Crippen LogP contribution in [0, 0.1) is 6.92 Å². The second kappa shape index (κ2) is 7.57. The predicted molar refractivity (Wildman–Crippen MR) is 84.4 cm³/mol. The lowest BCUT2D eigenvalue weighted by Gasteiger charge is -2.33. The van der Waals surface area contributed by atoms with Gasteiger partial charge in [0.15, 0.2) is 0 Å². The first-order valence-electron chi connectivity index (χ1n) is 7.87. The summed E-state index contributed by atoms with van der Waals surface area (Å²) >= 11 is 0. The third-order valence-corrected chi connectivity index (χ3v) is 4.25. The fourth-order valence-corrected chi connectivity index (χ4v) is 2.78. The zero-order valence-corrected chi connectivity index (χ0v) is 13.0. The largest absolute Gasteiger partial charge is 0.392 e. The summed E-state index contributed by atoms with van der Waals surface area (Å²) in [4.78, 5) is 14.6. The van der Waals surface area contributed by atoms with Crippen LogP contribution in [-0.4, -0.2) is 47.7 Å². The van der Waals surface area contributed by atoms with E-state index in [4.69, 9.17) is 0 Å². The smallest absolute Gasteiger partial charge is 0.251 e. The Morgan fingerprint density at radius 2 is 2.05 bits per heavy atom. The highest BCUT2D eigenvalue weighted by atomic mass is 16.3. The molecule has 0 radical (unpaired) electrons. The normalized spacial score (nSPS) is 18.4. The van der Waals surface area contributed by atoms with Gasteiger partial charge in [0.25, 0.3) is 5.91 Å². The number of carbonyl (C=O) groups excluding carboxylic acids is 1. The molecule has 0 aromatic heterocycles. The van der Waals surface area contributed by atoms with Crippen LogP contribution in [0.4, 0.5) is 0 Å². The number of amides is 1. The van der Waals surface area contributed by atoms with Gasteiger partial charge in [-0.2, -0.15) is 0 Å². The molecule has 1 aliphatic rings. The first-order chi connectivity index (χ1) is 10.1. The number of rotatable bonds is 5. The molecular weight excluding hydrogens is 264 g/mol. The van der Waals surface area contributed by atoms with Crippen LogP contribution >= 0.6 is 0 Å². The van der Waals surface area contributed by atoms with E-state index in [2.05, 4.69) is 10.2 Å². The van der Waals surface area contributed by atoms with Crippen molar-refractivity contribution >= 4 is 5.91 Å². The third-order valence-electron chi connectivity index (χ3n) is 4.25. The van der Waals surface area contributed by atoms with E-state index in [1.165, 1.54) is 0 Å². The van der Waals surface area contributed by atoms with Gasteiger partial charge in [0.2, 0.25) is 0 Å². The van der Waals surface area contributed by atoms with Gasteiger partial charge in [-0.05, 0) is 37.8 Å². The van der Waals surface area contributed by atoms with Crippen LogP contribution in [0.3, 0.4) is 0 Å². The number of aryl methyl sites for hydroxylation is 1. The highest BCUT2D eigenvalue weighted by molar-refractivity contribution is 5.95. The minimum atomic E-state index is -0.233. The first kappa shape index (κ1) is 16.0. The van der Waals surface area contributed by atoms with Crippen LogP contribution < -0.4 is 5.32 Å². The summed E-state index contributed by atoms with van der Waals surface area (Å²) in [7, 11) is 0. The summed E-state index contributed by atoms with van der Waals surface area (Å²) in [5, 5.41) is 12.8. The van der Waals surface area contributed by atoms with Gasteiger partial charge in [0.1, 0.15) is 0 Å². The van der Waals surface area contributed by atoms with Crippen LogP contribution in [0.25, 0.3) is 0 Å². The Bertz CT molecular complexity index is 468. The topological polar surface area (TPSA) is 52.6 Å². The molecule has 1 amide bonds. The van der Waals surface area contributed by atoms with E-state index in [-0.39, 0.29) is 18.1 Å². The summed E-state index contributed by atoms with van der Waals surface area (Å²) in [6.45, 7) is 6.59. The Balaban J connectivity index is 1.81. The molecular formula is C17H26N2O2. The van der Waals surface area contributed by atoms with E-state index in [1.54, 1.807) is 0 Å². The Morgan fingerprint density at radius 3 is 2.67 bits per heavy atom. The number of β-amino-alcohol motifs (C(OH)–C–C–N with tert-alkyl or cyclic N) is 1. The zero-order chi connectivity index (χ0) is 15.2. The Morgan fingerprint density at radius 1 is 1.38 bits per heavy atom. The van der Waals surface area contributed by atoms with Crippen molar-refractivity contribution < 1.29 is 9.90 Å². The van der Waals surface area contributed by atoms with Crippen molar-refractivity contribution in [3.8, 4) is 0 Å². The molecule has 0 unspecified atom stereocenters. The minimum absolute atomic E-state index is 0.0279. The maximum absolute atomic E-state index is 12.3. The predicted octanol–water partition coefficient (Wildman–Crippen LogP) is 1.96. The average Bonchev–Trinajstić information content (AvgIpc) is 2.49. The number of nitrogens with one attached hydrogen (secondary N) is 1. The molecule has 2 rings (SSSR count). The molecule has 1 saturated heterocycles. The maximum atomic E-state index is 12.3. The standard InChI is InChI=1S/C17H26N2O2/c1-3-15(20)12-19-10-8-14(9-11-19)18-17(21)16-7-5-4-6-13(16)2/h4-7,14-15,20H,3,8-12H2,1-2H3,(H,18,21)/t15-/m1/s1. The van der Waals surface area contributed by atoms with Crippen molar-refractivity contribution in [2.45, 2.75) is 45.3 Å². The van der Waals surface area contributed by atoms with Crippen LogP contribution in [0.15, 0.2) is 24.3 Å². The minimum Gasteiger partial charge on any atom is -0.392 e. The van der Waals surface area contributed by atoms with Crippen LogP contribution in [0.1, 0.15) is 42.1 Å². The van der Waals surface area contributed by atoms with Gasteiger partial charge < -0.3 is 15.3 Å². The van der Waals surface area contributed by atoms with Gasteiger partial charge in [0.05, 0.1) is 6.10 Å². The van der Waals surface area contributed by atoms with E-state index in [0.29, 0.717) is 0 Å². The Labute approximate surface area is 127 Å². The fourth-order valence-electron chi connectivity index (χ4n) is 2.78. The van der Waals surface area contributed by atoms with Crippen molar-refractivity contribution in [3.63, 3.8) is 0 Å². The molecule has 2 N–H and O–H groups in total. The monoisotopic (exact) mass is 290 g/mol. The molecule has 21 heavy (non-hydrogen) atoms. The SMILES string of the molecule is CC[C@@H](O)CN1CCC(NC(=O)c2ccccc2C)CC1. The van der Waals surface area contributed by atoms with Crippen LogP contribution in [0.5, 0.6) is 0 Å². The van der Waals surface area contributed by atoms with Crippen LogP contribution in [-0.2, 0) is 0 Å². The summed E-state index contributed by atoms with van der Waals surface area (Å²) in [6, 6.07) is 7.92. The molecule has 1 fully saturated rings. The third kappa shape index (κ3) is 4.55. The average molecular weight is 290 g/mol. The molecule has 1 atom stereocenters. The van der Waals surface area contributed by atoms with Gasteiger partial charge >= 0.3 is 0 Å². The molecule has 1 aromatic carbocycles. The van der Waals surface area contributed by atoms with E-state index >= 15 is 0 Å². The van der Waals surface area contributed by atoms with Crippen molar-refractivity contribution in [1.82, 2.24) is 10.2 Å². The molecule has 0 spiro atoms. The molecule has 1 aromatic rings. The molecule has 4 heteroatoms. The highest BCUT2D eigenvalue weighted by Gasteiger charge is 2.22. The molecule has 116 valence electrons. The molecule has 4 nitrogen and oxygen atoms in total. The van der Waals surface area contributed by atoms with Gasteiger partial charge in [-0.15, -0.1) is 0 Å². The number of benzene rings is 1. The number of hydrogen-bond donors (Lipinski definition) is 2. The second-order valence-corrected chi connectivity index (χ2v) is 5.93. The number of aliphatic hydroxyl groups is 1. The number of nitrogens with zero attached hydrogens (tertiary/aromatic N) is 1. The van der Waals surface area contributed by atoms with E-state index in [9.17, 15) is 9.90 Å². The number of aliphatic hydroxyl groups excluding tert-OH is 1. The summed E-state index contributed by atoms with van der Waals surface area (Å²) in [5.41, 5.74) is 1.78. The van der Waals surface area contributed by atoms with Gasteiger partial charge in [0, 0.05) is 31.2 Å². The van der Waals surface area contributed by atoms with Gasteiger partial charge in [-0.3, -0.25) is 4.79 Å². The number of piperidine rings is 1. The van der Waals surface area contributed by atoms with Crippen molar-refractivity contribution in [1.29, 1.82) is 0 Å². The zero-order valence-electron chi connectivity index (χ0n) is 13.0. The van der Waals surface area contributed by atoms with Gasteiger partial charge in [-0.1, -0.05) is 25.1 Å². The van der Waals surface area contributed by atoms with Crippen molar-refractivity contribution in [2.24, 2.45) is 0 Å². The fraction of sp³-hybridized carbons (Fsp3) is 0.588. The van der Waals surface area contributed by atoms with E-state index < -0.39 is 0 Å². The Kier molecular flexibility index (Phi) is 5.76. The van der Waals surface area contributed by atoms with E-state index in [1.807, 2.05) is 38.1 Å². The second-order valence-electron chi connectivity index (χ2n) is 5.93. The number of hydrogen-bond acceptors (Lipinski definition) is 3. The van der Waals surface area contributed by atoms with Crippen LogP contribution in [0.2, 0.25) is 0 Å². The number of likely N-dealkylation sites (tertiary alicyclic amines) is 1.